The lowest BCUT2D eigenvalue weighted by molar-refractivity contribution is -0.117. The van der Waals surface area contributed by atoms with E-state index in [9.17, 15) is 10.1 Å². The molecule has 1 aliphatic rings. The van der Waals surface area contributed by atoms with Crippen molar-refractivity contribution in [3.8, 4) is 6.07 Å². The number of rotatable bonds is 6. The fourth-order valence-electron chi connectivity index (χ4n) is 3.40. The number of carbonyl (C=O) groups is 1. The maximum atomic E-state index is 12.4. The van der Waals surface area contributed by atoms with Crippen LogP contribution in [0.3, 0.4) is 0 Å². The van der Waals surface area contributed by atoms with Gasteiger partial charge >= 0.3 is 0 Å². The fraction of sp³-hybridized carbons (Fsp3) is 0.333. The minimum absolute atomic E-state index is 0.0510. The molecule has 1 aromatic heterocycles. The highest BCUT2D eigenvalue weighted by Gasteiger charge is 2.19. The molecule has 1 aromatic carbocycles. The second-order valence-electron chi connectivity index (χ2n) is 6.43. The summed E-state index contributed by atoms with van der Waals surface area (Å²) >= 11 is 0. The van der Waals surface area contributed by atoms with E-state index in [0.29, 0.717) is 13.1 Å². The number of fused-ring (bicyclic) bond motifs is 1. The van der Waals surface area contributed by atoms with Crippen LogP contribution in [0.5, 0.6) is 0 Å². The smallest absolute Gasteiger partial charge is 0.262 e. The van der Waals surface area contributed by atoms with Crippen LogP contribution in [0.2, 0.25) is 0 Å². The number of nitrogens with one attached hydrogen (secondary N) is 1. The molecule has 5 nitrogen and oxygen atoms in total. The molecular formula is C21H23N3O2. The van der Waals surface area contributed by atoms with Gasteiger partial charge in [0.1, 0.15) is 11.6 Å². The van der Waals surface area contributed by atoms with E-state index in [4.69, 9.17) is 4.74 Å². The number of hydrogen-bond acceptors (Lipinski definition) is 3. The van der Waals surface area contributed by atoms with Crippen LogP contribution in [-0.4, -0.2) is 29.7 Å². The summed E-state index contributed by atoms with van der Waals surface area (Å²) in [7, 11) is 0. The minimum Gasteiger partial charge on any atom is -0.376 e. The second-order valence-corrected chi connectivity index (χ2v) is 6.43. The van der Waals surface area contributed by atoms with Crippen LogP contribution in [0.25, 0.3) is 17.0 Å². The van der Waals surface area contributed by atoms with Crippen molar-refractivity contribution in [3.05, 3.63) is 53.8 Å². The molecule has 2 heterocycles. The summed E-state index contributed by atoms with van der Waals surface area (Å²) < 4.78 is 7.64. The molecule has 3 rings (SSSR count). The molecule has 1 saturated heterocycles. The van der Waals surface area contributed by atoms with E-state index in [1.165, 1.54) is 0 Å². The molecule has 0 spiro atoms. The first-order valence-corrected chi connectivity index (χ1v) is 8.86. The summed E-state index contributed by atoms with van der Waals surface area (Å²) in [5.74, 6) is -0.358. The zero-order valence-electron chi connectivity index (χ0n) is 15.0. The van der Waals surface area contributed by atoms with E-state index < -0.39 is 0 Å². The molecule has 5 heteroatoms. The zero-order chi connectivity index (χ0) is 18.5. The van der Waals surface area contributed by atoms with Gasteiger partial charge in [-0.15, -0.1) is 6.58 Å². The van der Waals surface area contributed by atoms with E-state index in [1.807, 2.05) is 43.3 Å². The number of para-hydroxylation sites is 1. The van der Waals surface area contributed by atoms with E-state index in [0.717, 1.165) is 41.6 Å². The lowest BCUT2D eigenvalue weighted by Crippen LogP contribution is -2.32. The predicted molar refractivity (Wildman–Crippen MR) is 102 cm³/mol. The summed E-state index contributed by atoms with van der Waals surface area (Å²) in [5, 5.41) is 13.3. The van der Waals surface area contributed by atoms with Crippen LogP contribution < -0.4 is 5.32 Å². The van der Waals surface area contributed by atoms with Crippen LogP contribution in [0.4, 0.5) is 0 Å². The van der Waals surface area contributed by atoms with Crippen molar-refractivity contribution in [3.63, 3.8) is 0 Å². The lowest BCUT2D eigenvalue weighted by Gasteiger charge is -2.10. The number of nitrogens with zero attached hydrogens (tertiary/aromatic N) is 2. The largest absolute Gasteiger partial charge is 0.376 e. The van der Waals surface area contributed by atoms with Crippen molar-refractivity contribution in [1.29, 1.82) is 5.26 Å². The summed E-state index contributed by atoms with van der Waals surface area (Å²) in [6.07, 6.45) is 5.54. The third-order valence-electron chi connectivity index (χ3n) is 4.76. The molecule has 0 saturated carbocycles. The van der Waals surface area contributed by atoms with E-state index in [1.54, 1.807) is 6.08 Å². The molecule has 1 N–H and O–H groups in total. The monoisotopic (exact) mass is 349 g/mol. The van der Waals surface area contributed by atoms with Gasteiger partial charge in [-0.3, -0.25) is 4.79 Å². The summed E-state index contributed by atoms with van der Waals surface area (Å²) in [6, 6.07) is 10.0. The highest BCUT2D eigenvalue weighted by atomic mass is 16.5. The highest BCUT2D eigenvalue weighted by Crippen LogP contribution is 2.28. The molecule has 2 aromatic rings. The summed E-state index contributed by atoms with van der Waals surface area (Å²) in [6.45, 7) is 7.66. The first-order chi connectivity index (χ1) is 12.7. The molecule has 134 valence electrons. The van der Waals surface area contributed by atoms with Crippen molar-refractivity contribution >= 4 is 22.9 Å². The molecular weight excluding hydrogens is 326 g/mol. The third-order valence-corrected chi connectivity index (χ3v) is 4.76. The Hall–Kier alpha value is -2.84. The van der Waals surface area contributed by atoms with Gasteiger partial charge in [0.25, 0.3) is 5.91 Å². The van der Waals surface area contributed by atoms with Crippen molar-refractivity contribution in [2.75, 3.05) is 13.2 Å². The Kier molecular flexibility index (Phi) is 5.55. The van der Waals surface area contributed by atoms with Crippen LogP contribution in [0.15, 0.2) is 42.5 Å². The summed E-state index contributed by atoms with van der Waals surface area (Å²) in [5.41, 5.74) is 3.07. The van der Waals surface area contributed by atoms with Crippen LogP contribution in [0.1, 0.15) is 24.1 Å². The normalized spacial score (nSPS) is 17.2. The molecule has 0 bridgehead atoms. The van der Waals surface area contributed by atoms with E-state index in [2.05, 4.69) is 16.5 Å². The quantitative estimate of drug-likeness (QED) is 0.494. The average Bonchev–Trinajstić information content (AvgIpc) is 3.26. The first-order valence-electron chi connectivity index (χ1n) is 8.86. The van der Waals surface area contributed by atoms with Gasteiger partial charge < -0.3 is 14.6 Å². The minimum atomic E-state index is -0.358. The third kappa shape index (κ3) is 3.56. The average molecular weight is 349 g/mol. The Labute approximate surface area is 153 Å². The van der Waals surface area contributed by atoms with Gasteiger partial charge in [-0.25, -0.2) is 0 Å². The standard InChI is InChI=1S/C21H23N3O2/c1-3-10-24-15(2)19(18-8-4-5-9-20(18)24)12-16(13-22)21(25)23-14-17-7-6-11-26-17/h3-5,8-9,12,17H,1,6-7,10-11,14H2,2H3,(H,23,25)/b16-12+/t17-/m1/s1. The number of nitriles is 1. The number of allylic oxidation sites excluding steroid dienone is 1. The van der Waals surface area contributed by atoms with Gasteiger partial charge in [0.05, 0.1) is 6.10 Å². The van der Waals surface area contributed by atoms with Gasteiger partial charge in [0, 0.05) is 41.9 Å². The lowest BCUT2D eigenvalue weighted by atomic mass is 10.1. The molecule has 26 heavy (non-hydrogen) atoms. The maximum absolute atomic E-state index is 12.4. The number of amides is 1. The molecule has 0 unspecified atom stereocenters. The highest BCUT2D eigenvalue weighted by molar-refractivity contribution is 6.04. The number of aromatic nitrogens is 1. The van der Waals surface area contributed by atoms with Crippen molar-refractivity contribution in [2.24, 2.45) is 0 Å². The van der Waals surface area contributed by atoms with Gasteiger partial charge in [-0.05, 0) is 31.9 Å². The van der Waals surface area contributed by atoms with Crippen molar-refractivity contribution < 1.29 is 9.53 Å². The Morgan fingerprint density at radius 3 is 3.00 bits per heavy atom. The van der Waals surface area contributed by atoms with Crippen LogP contribution in [-0.2, 0) is 16.1 Å². The van der Waals surface area contributed by atoms with Gasteiger partial charge in [0.15, 0.2) is 0 Å². The topological polar surface area (TPSA) is 67.0 Å². The number of carbonyl (C=O) groups excluding carboxylic acids is 1. The van der Waals surface area contributed by atoms with Gasteiger partial charge in [-0.1, -0.05) is 24.3 Å². The van der Waals surface area contributed by atoms with Crippen molar-refractivity contribution in [2.45, 2.75) is 32.4 Å². The Morgan fingerprint density at radius 2 is 2.31 bits per heavy atom. The predicted octanol–water partition coefficient (Wildman–Crippen LogP) is 3.34. The number of ether oxygens (including phenoxy) is 1. The summed E-state index contributed by atoms with van der Waals surface area (Å²) in [4.78, 5) is 12.4. The molecule has 1 amide bonds. The Morgan fingerprint density at radius 1 is 1.50 bits per heavy atom. The maximum Gasteiger partial charge on any atom is 0.262 e. The zero-order valence-corrected chi connectivity index (χ0v) is 15.0. The van der Waals surface area contributed by atoms with Gasteiger partial charge in [-0.2, -0.15) is 5.26 Å². The second kappa shape index (κ2) is 8.03. The fourth-order valence-corrected chi connectivity index (χ4v) is 3.40. The molecule has 0 radical (unpaired) electrons. The van der Waals surface area contributed by atoms with Crippen molar-refractivity contribution in [1.82, 2.24) is 9.88 Å². The van der Waals surface area contributed by atoms with Gasteiger partial charge in [0.2, 0.25) is 0 Å². The number of benzene rings is 1. The number of hydrogen-bond donors (Lipinski definition) is 1. The molecule has 0 aliphatic carbocycles. The SMILES string of the molecule is C=CCn1c(C)c(/C=C(\C#N)C(=O)NC[C@H]2CCCO2)c2ccccc21. The molecule has 1 aliphatic heterocycles. The molecule has 1 fully saturated rings. The molecule has 1 atom stereocenters. The Balaban J connectivity index is 1.91. The Bertz CT molecular complexity index is 896. The van der Waals surface area contributed by atoms with Crippen LogP contribution in [0, 0.1) is 18.3 Å². The van der Waals surface area contributed by atoms with Crippen LogP contribution >= 0.6 is 0 Å². The first kappa shape index (κ1) is 18.0. The van der Waals surface area contributed by atoms with E-state index in [-0.39, 0.29) is 17.6 Å². The van der Waals surface area contributed by atoms with E-state index >= 15 is 0 Å².